The van der Waals surface area contributed by atoms with E-state index in [-0.39, 0.29) is 0 Å². The lowest BCUT2D eigenvalue weighted by molar-refractivity contribution is 0.530. The van der Waals surface area contributed by atoms with E-state index in [1.54, 1.807) is 0 Å². The fourth-order valence-corrected chi connectivity index (χ4v) is 2.10. The third-order valence-corrected chi connectivity index (χ3v) is 2.98. The van der Waals surface area contributed by atoms with Gasteiger partial charge in [0.05, 0.1) is 0 Å². The van der Waals surface area contributed by atoms with Crippen molar-refractivity contribution in [3.05, 3.63) is 65.4 Å². The van der Waals surface area contributed by atoms with Gasteiger partial charge in [0.25, 0.3) is 0 Å². The van der Waals surface area contributed by atoms with Crippen LogP contribution >= 0.6 is 11.6 Å². The van der Waals surface area contributed by atoms with Crippen LogP contribution in [0.4, 0.5) is 0 Å². The minimum atomic E-state index is 0.773. The van der Waals surface area contributed by atoms with E-state index in [4.69, 9.17) is 11.6 Å². The predicted molar refractivity (Wildman–Crippen MR) is 70.1 cm³/mol. The smallest absolute Gasteiger partial charge is 0.0499 e. The van der Waals surface area contributed by atoms with E-state index in [1.807, 2.05) is 36.4 Å². The first kappa shape index (κ1) is 11.0. The monoisotopic (exact) mass is 231 g/mol. The molecule has 2 rings (SSSR count). The van der Waals surface area contributed by atoms with Crippen LogP contribution in [0.1, 0.15) is 12.5 Å². The summed E-state index contributed by atoms with van der Waals surface area (Å²) >= 11 is 6.21. The summed E-state index contributed by atoms with van der Waals surface area (Å²) in [6.45, 7) is 7.02. The zero-order chi connectivity index (χ0) is 11.5. The minimum absolute atomic E-state index is 0.773. The summed E-state index contributed by atoms with van der Waals surface area (Å²) in [7, 11) is 0. The summed E-state index contributed by atoms with van der Waals surface area (Å²) in [6, 6.07) is 7.88. The van der Waals surface area contributed by atoms with Crippen molar-refractivity contribution in [3.8, 4) is 0 Å². The van der Waals surface area contributed by atoms with Gasteiger partial charge in [-0.15, -0.1) is 0 Å². The molecule has 1 heterocycles. The average molecular weight is 232 g/mol. The lowest BCUT2D eigenvalue weighted by atomic mass is 10.1. The zero-order valence-corrected chi connectivity index (χ0v) is 10.0. The first-order valence-electron chi connectivity index (χ1n) is 5.33. The highest BCUT2D eigenvalue weighted by molar-refractivity contribution is 6.32. The molecule has 1 aromatic carbocycles. The molecular formula is C14H14ClN. The van der Waals surface area contributed by atoms with Crippen molar-refractivity contribution in [1.29, 1.82) is 0 Å². The van der Waals surface area contributed by atoms with Gasteiger partial charge in [0.2, 0.25) is 0 Å². The number of likely N-dealkylation sites (N-methyl/N-ethyl adjacent to an activating group) is 1. The highest BCUT2D eigenvalue weighted by Crippen LogP contribution is 2.30. The van der Waals surface area contributed by atoms with E-state index in [0.29, 0.717) is 0 Å². The molecule has 0 saturated carbocycles. The Morgan fingerprint density at radius 2 is 2.06 bits per heavy atom. The number of halogens is 1. The van der Waals surface area contributed by atoms with Gasteiger partial charge in [-0.2, -0.15) is 0 Å². The van der Waals surface area contributed by atoms with Crippen LogP contribution in [-0.2, 0) is 0 Å². The van der Waals surface area contributed by atoms with Crippen LogP contribution in [-0.4, -0.2) is 11.4 Å². The number of nitrogens with zero attached hydrogens (tertiary/aromatic N) is 1. The molecule has 0 aliphatic carbocycles. The molecule has 82 valence electrons. The largest absolute Gasteiger partial charge is 0.342 e. The maximum absolute atomic E-state index is 6.21. The standard InChI is InChI=1S/C14H14ClN/c1-3-16-11(2)7-6-10-14(16)12-8-4-5-9-13(12)15/h4-10H,2-3H2,1H3. The van der Waals surface area contributed by atoms with Gasteiger partial charge in [-0.1, -0.05) is 42.5 Å². The average Bonchev–Trinajstić information content (AvgIpc) is 2.29. The normalized spacial score (nSPS) is 15.2. The molecule has 1 aromatic rings. The molecule has 0 fully saturated rings. The second-order valence-corrected chi connectivity index (χ2v) is 4.03. The molecule has 0 bridgehead atoms. The van der Waals surface area contributed by atoms with Crippen LogP contribution in [0.5, 0.6) is 0 Å². The van der Waals surface area contributed by atoms with E-state index in [9.17, 15) is 0 Å². The van der Waals surface area contributed by atoms with Gasteiger partial charge in [0, 0.05) is 28.5 Å². The number of hydrogen-bond donors (Lipinski definition) is 0. The molecule has 0 spiro atoms. The SMILES string of the molecule is C=C1C=CC=C(c2ccccc2Cl)N1CC. The molecule has 1 aliphatic rings. The van der Waals surface area contributed by atoms with Crippen LogP contribution in [0, 0.1) is 0 Å². The van der Waals surface area contributed by atoms with Crippen LogP contribution in [0.3, 0.4) is 0 Å². The lowest BCUT2D eigenvalue weighted by Crippen LogP contribution is -2.21. The summed E-state index contributed by atoms with van der Waals surface area (Å²) in [5, 5.41) is 0.773. The van der Waals surface area contributed by atoms with E-state index < -0.39 is 0 Å². The van der Waals surface area contributed by atoms with Crippen molar-refractivity contribution in [2.45, 2.75) is 6.92 Å². The van der Waals surface area contributed by atoms with Gasteiger partial charge in [-0.05, 0) is 25.1 Å². The molecule has 1 nitrogen and oxygen atoms in total. The maximum atomic E-state index is 6.21. The van der Waals surface area contributed by atoms with E-state index in [0.717, 1.165) is 28.5 Å². The Morgan fingerprint density at radius 1 is 1.31 bits per heavy atom. The number of hydrogen-bond acceptors (Lipinski definition) is 1. The molecule has 0 N–H and O–H groups in total. The van der Waals surface area contributed by atoms with Gasteiger partial charge in [-0.25, -0.2) is 0 Å². The van der Waals surface area contributed by atoms with E-state index >= 15 is 0 Å². The maximum Gasteiger partial charge on any atom is 0.0499 e. The molecule has 0 aromatic heterocycles. The Hall–Kier alpha value is -1.47. The second kappa shape index (κ2) is 4.58. The second-order valence-electron chi connectivity index (χ2n) is 3.63. The van der Waals surface area contributed by atoms with Gasteiger partial charge in [0.15, 0.2) is 0 Å². The van der Waals surface area contributed by atoms with E-state index in [2.05, 4.69) is 24.5 Å². The van der Waals surface area contributed by atoms with Gasteiger partial charge in [-0.3, -0.25) is 0 Å². The molecule has 1 aliphatic heterocycles. The molecule has 0 saturated heterocycles. The molecular weight excluding hydrogens is 218 g/mol. The first-order valence-corrected chi connectivity index (χ1v) is 5.71. The van der Waals surface area contributed by atoms with Crippen molar-refractivity contribution in [2.24, 2.45) is 0 Å². The Bertz CT molecular complexity index is 471. The summed E-state index contributed by atoms with van der Waals surface area (Å²) in [4.78, 5) is 2.15. The molecule has 16 heavy (non-hydrogen) atoms. The van der Waals surface area contributed by atoms with Gasteiger partial charge in [0.1, 0.15) is 0 Å². The van der Waals surface area contributed by atoms with Crippen LogP contribution in [0.2, 0.25) is 5.02 Å². The van der Waals surface area contributed by atoms with Crippen LogP contribution < -0.4 is 0 Å². The predicted octanol–water partition coefficient (Wildman–Crippen LogP) is 4.09. The molecule has 0 unspecified atom stereocenters. The number of allylic oxidation sites excluding steroid dienone is 3. The molecule has 0 radical (unpaired) electrons. The molecule has 0 atom stereocenters. The first-order chi connectivity index (χ1) is 7.74. The van der Waals surface area contributed by atoms with Crippen LogP contribution in [0.25, 0.3) is 5.70 Å². The molecule has 0 amide bonds. The van der Waals surface area contributed by atoms with Crippen molar-refractivity contribution < 1.29 is 0 Å². The summed E-state index contributed by atoms with van der Waals surface area (Å²) in [5.41, 5.74) is 3.16. The Kier molecular flexibility index (Phi) is 3.16. The number of benzene rings is 1. The highest BCUT2D eigenvalue weighted by atomic mass is 35.5. The Balaban J connectivity index is 2.47. The third-order valence-electron chi connectivity index (χ3n) is 2.65. The summed E-state index contributed by atoms with van der Waals surface area (Å²) < 4.78 is 0. The Morgan fingerprint density at radius 3 is 2.75 bits per heavy atom. The fraction of sp³-hybridized carbons (Fsp3) is 0.143. The topological polar surface area (TPSA) is 3.24 Å². The lowest BCUT2D eigenvalue weighted by Gasteiger charge is -2.29. The quantitative estimate of drug-likeness (QED) is 0.741. The van der Waals surface area contributed by atoms with Crippen LogP contribution in [0.15, 0.2) is 54.8 Å². The van der Waals surface area contributed by atoms with Gasteiger partial charge >= 0.3 is 0 Å². The minimum Gasteiger partial charge on any atom is -0.342 e. The van der Waals surface area contributed by atoms with Crippen molar-refractivity contribution >= 4 is 17.3 Å². The number of rotatable bonds is 2. The zero-order valence-electron chi connectivity index (χ0n) is 9.28. The fourth-order valence-electron chi connectivity index (χ4n) is 1.86. The van der Waals surface area contributed by atoms with Crippen molar-refractivity contribution in [1.82, 2.24) is 4.90 Å². The summed E-state index contributed by atoms with van der Waals surface area (Å²) in [5.74, 6) is 0. The van der Waals surface area contributed by atoms with E-state index in [1.165, 1.54) is 0 Å². The van der Waals surface area contributed by atoms with Crippen molar-refractivity contribution in [2.75, 3.05) is 6.54 Å². The Labute approximate surface area is 101 Å². The summed E-state index contributed by atoms with van der Waals surface area (Å²) in [6.07, 6.45) is 6.08. The highest BCUT2D eigenvalue weighted by Gasteiger charge is 2.15. The molecule has 2 heteroatoms. The third kappa shape index (κ3) is 1.91. The van der Waals surface area contributed by atoms with Crippen molar-refractivity contribution in [3.63, 3.8) is 0 Å². The van der Waals surface area contributed by atoms with Gasteiger partial charge < -0.3 is 4.90 Å².